The van der Waals surface area contributed by atoms with E-state index in [0.29, 0.717) is 0 Å². The van der Waals surface area contributed by atoms with Gasteiger partial charge < -0.3 is 19.6 Å². The summed E-state index contributed by atoms with van der Waals surface area (Å²) in [4.78, 5) is 31.0. The summed E-state index contributed by atoms with van der Waals surface area (Å²) in [6.45, 7) is 0. The summed E-state index contributed by atoms with van der Waals surface area (Å²) in [5, 5.41) is 0. The Bertz CT molecular complexity index is 200. The minimum atomic E-state index is -5.05. The summed E-state index contributed by atoms with van der Waals surface area (Å²) in [5.74, 6) is 0. The molecule has 0 unspecified atom stereocenters. The summed E-state index contributed by atoms with van der Waals surface area (Å²) in [7, 11) is 4.73. The quantitative estimate of drug-likeness (QED) is 0.371. The van der Waals surface area contributed by atoms with E-state index in [0.717, 1.165) is 0 Å². The minimum absolute atomic E-state index is 0. The first kappa shape index (κ1) is 36.8. The van der Waals surface area contributed by atoms with Gasteiger partial charge in [0.2, 0.25) is 0 Å². The molecule has 7 nitrogen and oxygen atoms in total. The molecule has 0 saturated heterocycles. The summed E-state index contributed by atoms with van der Waals surface area (Å²) in [5.41, 5.74) is 0. The first-order valence-corrected chi connectivity index (χ1v) is 10.5. The van der Waals surface area contributed by atoms with Gasteiger partial charge in [0.15, 0.2) is 0 Å². The van der Waals surface area contributed by atoms with Gasteiger partial charge in [-0.1, -0.05) is 0 Å². The second-order valence-corrected chi connectivity index (χ2v) is 10.4. The van der Waals surface area contributed by atoms with E-state index in [4.69, 9.17) is 49.7 Å². The molecular formula is H8AlCl7O7P2. The summed E-state index contributed by atoms with van der Waals surface area (Å²) < 4.78 is 22.2. The zero-order valence-corrected chi connectivity index (χ0v) is 15.7. The molecule has 0 aliphatic carbocycles. The van der Waals surface area contributed by atoms with Gasteiger partial charge in [-0.15, -0.1) is 49.6 Å². The Hall–Kier alpha value is 2.82. The fraction of sp³-hybridized carbons (Fsp3) is 0. The molecule has 0 aliphatic heterocycles. The van der Waals surface area contributed by atoms with Crippen LogP contribution >= 0.6 is 95.4 Å². The van der Waals surface area contributed by atoms with E-state index in [9.17, 15) is 9.13 Å². The maximum Gasteiger partial charge on any atom is 0.643 e. The van der Waals surface area contributed by atoms with Gasteiger partial charge in [-0.25, -0.2) is 39.3 Å². The number of rotatable bonds is 2. The average molecular weight is 457 g/mol. The molecule has 0 fully saturated rings. The van der Waals surface area contributed by atoms with E-state index in [1.807, 2.05) is 0 Å². The molecule has 0 aromatic heterocycles. The van der Waals surface area contributed by atoms with Gasteiger partial charge in [0.25, 0.3) is 0 Å². The van der Waals surface area contributed by atoms with Crippen molar-refractivity contribution >= 4 is 107 Å². The van der Waals surface area contributed by atoms with Crippen molar-refractivity contribution in [1.82, 2.24) is 0 Å². The van der Waals surface area contributed by atoms with Gasteiger partial charge in [0.1, 0.15) is 0 Å². The molecule has 0 aromatic carbocycles. The highest BCUT2D eigenvalue weighted by Crippen LogP contribution is 2.53. The van der Waals surface area contributed by atoms with Gasteiger partial charge in [0, 0.05) is 0 Å². The number of phosphoric acid groups is 2. The van der Waals surface area contributed by atoms with Crippen LogP contribution in [0.5, 0.6) is 0 Å². The predicted octanol–water partition coefficient (Wildman–Crippen LogP) is 2.56. The zero-order chi connectivity index (χ0) is 11.3. The maximum absolute atomic E-state index is 9.63. The third kappa shape index (κ3) is 68.4. The normalized spacial score (nSPS) is 8.88. The standard InChI is InChI=1S/Al.7ClH.H4O7P2/c;;;;;;;;1-8(2,3)7-9(4,5)6/h;7*1H;(H2,1,2,3)(H2,4,5,6)/q+3;;;;;;;;/p-3. The van der Waals surface area contributed by atoms with Crippen LogP contribution in [-0.2, 0) is 13.4 Å². The van der Waals surface area contributed by atoms with Crippen LogP contribution in [-0.4, -0.2) is 31.0 Å². The highest BCUT2D eigenvalue weighted by atomic mass is 35.8. The SMILES string of the molecule is Cl.Cl.Cl.Cl.O=P(O)(O)OP(=O)(O)O.[Cl][Al]([Cl])[Cl]. The molecule has 0 atom stereocenters. The van der Waals surface area contributed by atoms with Crippen LogP contribution in [0.15, 0.2) is 0 Å². The van der Waals surface area contributed by atoms with Crippen LogP contribution in [0.3, 0.4) is 0 Å². The Morgan fingerprint density at radius 1 is 0.765 bits per heavy atom. The molecule has 0 heterocycles. The van der Waals surface area contributed by atoms with Crippen molar-refractivity contribution in [2.24, 2.45) is 0 Å². The summed E-state index contributed by atoms with van der Waals surface area (Å²) in [6, 6.07) is 0. The van der Waals surface area contributed by atoms with Crippen molar-refractivity contribution in [3.63, 3.8) is 0 Å². The summed E-state index contributed by atoms with van der Waals surface area (Å²) in [6.07, 6.45) is 0. The van der Waals surface area contributed by atoms with Crippen LogP contribution in [0.2, 0.25) is 0 Å². The van der Waals surface area contributed by atoms with Crippen molar-refractivity contribution < 1.29 is 33.0 Å². The molecule has 0 saturated carbocycles. The third-order valence-electron chi connectivity index (χ3n) is 0.213. The average Bonchev–Trinajstić information content (AvgIpc) is 1.47. The third-order valence-corrected chi connectivity index (χ3v) is 1.91. The molecule has 0 rings (SSSR count). The lowest BCUT2D eigenvalue weighted by atomic mass is 15.7. The molecule has 17 heteroatoms. The fourth-order valence-electron chi connectivity index (χ4n) is 0.139. The first-order valence-electron chi connectivity index (χ1n) is 2.18. The number of hydrogen-bond donors (Lipinski definition) is 4. The van der Waals surface area contributed by atoms with Crippen molar-refractivity contribution in [3.05, 3.63) is 0 Å². The van der Waals surface area contributed by atoms with Crippen LogP contribution in [0.25, 0.3) is 0 Å². The van der Waals surface area contributed by atoms with Crippen LogP contribution in [0.1, 0.15) is 0 Å². The predicted molar refractivity (Wildman–Crippen MR) is 77.5 cm³/mol. The monoisotopic (exact) mass is 454 g/mol. The maximum atomic E-state index is 9.63. The molecule has 0 aromatic rings. The first-order chi connectivity index (χ1) is 5.44. The Kier molecular flexibility index (Phi) is 36.5. The highest BCUT2D eigenvalue weighted by Gasteiger charge is 2.27. The van der Waals surface area contributed by atoms with Crippen molar-refractivity contribution in [3.8, 4) is 0 Å². The largest absolute Gasteiger partial charge is 0.643 e. The molecule has 112 valence electrons. The van der Waals surface area contributed by atoms with E-state index in [-0.39, 0.29) is 49.6 Å². The fourth-order valence-corrected chi connectivity index (χ4v) is 1.25. The number of halogens is 7. The molecule has 0 amide bonds. The van der Waals surface area contributed by atoms with Crippen molar-refractivity contribution in [2.45, 2.75) is 0 Å². The smallest absolute Gasteiger partial charge is 0.302 e. The van der Waals surface area contributed by atoms with Crippen molar-refractivity contribution in [1.29, 1.82) is 0 Å². The Morgan fingerprint density at radius 3 is 0.882 bits per heavy atom. The van der Waals surface area contributed by atoms with E-state index in [1.54, 1.807) is 0 Å². The van der Waals surface area contributed by atoms with Gasteiger partial charge in [-0.05, 0) is 0 Å². The van der Waals surface area contributed by atoms with Crippen LogP contribution < -0.4 is 0 Å². The second kappa shape index (κ2) is 16.9. The topological polar surface area (TPSA) is 124 Å². The molecule has 0 aliphatic rings. The highest BCUT2D eigenvalue weighted by molar-refractivity contribution is 7.60. The Balaban J connectivity index is -0.0000000338. The van der Waals surface area contributed by atoms with Crippen molar-refractivity contribution in [2.75, 3.05) is 0 Å². The van der Waals surface area contributed by atoms with Crippen LogP contribution in [0.4, 0.5) is 0 Å². The molecule has 0 bridgehead atoms. The Morgan fingerprint density at radius 2 is 0.882 bits per heavy atom. The van der Waals surface area contributed by atoms with E-state index >= 15 is 0 Å². The molecular weight excluding hydrogens is 449 g/mol. The lowest BCUT2D eigenvalue weighted by Crippen LogP contribution is -1.84. The molecule has 17 heavy (non-hydrogen) atoms. The van der Waals surface area contributed by atoms with Gasteiger partial charge in [-0.2, -0.15) is 4.31 Å². The van der Waals surface area contributed by atoms with E-state index < -0.39 is 27.0 Å². The second-order valence-electron chi connectivity index (χ2n) is 1.31. The zero-order valence-electron chi connectivity index (χ0n) is 7.25. The lowest BCUT2D eigenvalue weighted by molar-refractivity contribution is 0.225. The van der Waals surface area contributed by atoms with E-state index in [2.05, 4.69) is 4.31 Å². The lowest BCUT2D eigenvalue weighted by Gasteiger charge is -2.03. The Labute approximate surface area is 139 Å². The molecule has 0 spiro atoms. The minimum Gasteiger partial charge on any atom is -0.302 e. The molecule has 4 N–H and O–H groups in total. The summed E-state index contributed by atoms with van der Waals surface area (Å²) >= 11 is -1.72. The van der Waals surface area contributed by atoms with Gasteiger partial charge >= 0.3 is 27.0 Å². The van der Waals surface area contributed by atoms with Gasteiger partial charge in [-0.3, -0.25) is 0 Å². The molecule has 0 radical (unpaired) electrons. The number of hydrogen-bond acceptors (Lipinski definition) is 3. The van der Waals surface area contributed by atoms with Crippen LogP contribution in [0, 0.1) is 0 Å². The van der Waals surface area contributed by atoms with E-state index in [1.165, 1.54) is 0 Å². The van der Waals surface area contributed by atoms with Gasteiger partial charge in [0.05, 0.1) is 0 Å².